The number of rotatable bonds is 2. The van der Waals surface area contributed by atoms with Crippen LogP contribution in [0, 0.1) is 28.9 Å². The summed E-state index contributed by atoms with van der Waals surface area (Å²) >= 11 is 0. The number of aryl methyl sites for hydroxylation is 1. The van der Waals surface area contributed by atoms with E-state index < -0.39 is 11.0 Å². The average Bonchev–Trinajstić information content (AvgIpc) is 2.47. The number of benzene rings is 2. The molecule has 2 N–H and O–H groups in total. The maximum absolute atomic E-state index is 11.0. The number of carboxylic acid groups (broad SMARTS) is 1. The van der Waals surface area contributed by atoms with Crippen LogP contribution in [0.4, 0.5) is 16.2 Å². The molecule has 6 heteroatoms. The summed E-state index contributed by atoms with van der Waals surface area (Å²) in [4.78, 5) is 20.9. The van der Waals surface area contributed by atoms with E-state index in [1.54, 1.807) is 0 Å². The fourth-order valence-corrected chi connectivity index (χ4v) is 1.76. The summed E-state index contributed by atoms with van der Waals surface area (Å²) in [5.41, 5.74) is 1.92. The first-order valence-electron chi connectivity index (χ1n) is 6.33. The van der Waals surface area contributed by atoms with Crippen LogP contribution in [0.25, 0.3) is 0 Å². The minimum absolute atomic E-state index is 0.0848. The minimum Gasteiger partial charge on any atom is -0.465 e. The average molecular weight is 296 g/mol. The van der Waals surface area contributed by atoms with Crippen molar-refractivity contribution < 1.29 is 14.8 Å². The van der Waals surface area contributed by atoms with Gasteiger partial charge < -0.3 is 5.11 Å². The second-order valence-corrected chi connectivity index (χ2v) is 4.54. The number of hydrogen-bond acceptors (Lipinski definition) is 3. The van der Waals surface area contributed by atoms with Gasteiger partial charge >= 0.3 is 6.09 Å². The van der Waals surface area contributed by atoms with Gasteiger partial charge in [-0.25, -0.2) is 4.79 Å². The molecule has 0 saturated heterocycles. The van der Waals surface area contributed by atoms with E-state index in [1.165, 1.54) is 18.2 Å². The van der Waals surface area contributed by atoms with Crippen LogP contribution in [0.3, 0.4) is 0 Å². The second kappa shape index (κ2) is 6.41. The molecule has 1 amide bonds. The smallest absolute Gasteiger partial charge is 0.409 e. The van der Waals surface area contributed by atoms with Gasteiger partial charge in [-0.2, -0.15) is 0 Å². The Labute approximate surface area is 126 Å². The summed E-state index contributed by atoms with van der Waals surface area (Å²) < 4.78 is 0. The molecule has 2 aromatic carbocycles. The molecule has 0 aliphatic heterocycles. The predicted molar refractivity (Wildman–Crippen MR) is 81.9 cm³/mol. The molecule has 2 aromatic rings. The first kappa shape index (κ1) is 15.1. The Kier molecular flexibility index (Phi) is 4.39. The van der Waals surface area contributed by atoms with E-state index >= 15 is 0 Å². The molecule has 0 aliphatic rings. The first-order valence-corrected chi connectivity index (χ1v) is 6.33. The van der Waals surface area contributed by atoms with E-state index in [2.05, 4.69) is 11.8 Å². The Morgan fingerprint density at radius 3 is 2.32 bits per heavy atom. The largest absolute Gasteiger partial charge is 0.465 e. The summed E-state index contributed by atoms with van der Waals surface area (Å²) in [7, 11) is 0. The lowest BCUT2D eigenvalue weighted by Gasteiger charge is -2.02. The lowest BCUT2D eigenvalue weighted by molar-refractivity contribution is -0.383. The third-order valence-corrected chi connectivity index (χ3v) is 2.84. The van der Waals surface area contributed by atoms with E-state index in [1.807, 2.05) is 36.5 Å². The van der Waals surface area contributed by atoms with Crippen LogP contribution < -0.4 is 5.32 Å². The summed E-state index contributed by atoms with van der Waals surface area (Å²) in [6.45, 7) is 1.97. The highest BCUT2D eigenvalue weighted by atomic mass is 16.6. The van der Waals surface area contributed by atoms with Gasteiger partial charge in [0, 0.05) is 17.2 Å². The van der Waals surface area contributed by atoms with Crippen LogP contribution in [0.15, 0.2) is 42.5 Å². The quantitative estimate of drug-likeness (QED) is 0.504. The molecule has 0 atom stereocenters. The summed E-state index contributed by atoms with van der Waals surface area (Å²) in [5.74, 6) is 5.73. The second-order valence-electron chi connectivity index (χ2n) is 4.54. The van der Waals surface area contributed by atoms with Crippen molar-refractivity contribution >= 4 is 17.5 Å². The van der Waals surface area contributed by atoms with Crippen LogP contribution >= 0.6 is 0 Å². The molecular formula is C16H12N2O4. The topological polar surface area (TPSA) is 92.5 Å². The van der Waals surface area contributed by atoms with Crippen molar-refractivity contribution in [3.8, 4) is 11.8 Å². The lowest BCUT2D eigenvalue weighted by Crippen LogP contribution is -2.09. The number of nitrogens with one attached hydrogen (secondary N) is 1. The van der Waals surface area contributed by atoms with Gasteiger partial charge in [0.05, 0.1) is 4.92 Å². The predicted octanol–water partition coefficient (Wildman–Crippen LogP) is 3.39. The molecule has 110 valence electrons. The number of nitrogens with zero attached hydrogens (tertiary/aromatic N) is 1. The van der Waals surface area contributed by atoms with E-state index in [9.17, 15) is 14.9 Å². The molecule has 0 aromatic heterocycles. The molecule has 22 heavy (non-hydrogen) atoms. The number of carbonyl (C=O) groups is 1. The van der Waals surface area contributed by atoms with Gasteiger partial charge in [0.15, 0.2) is 0 Å². The number of anilines is 1. The van der Waals surface area contributed by atoms with Crippen LogP contribution in [0.1, 0.15) is 16.7 Å². The standard InChI is InChI=1S/C16H12N2O4/c1-11-2-4-12(5-3-11)6-7-13-8-9-14(17-16(19)20)15(10-13)18(21)22/h2-5,8-10,17H,1H3,(H,19,20). The van der Waals surface area contributed by atoms with Crippen molar-refractivity contribution in [2.45, 2.75) is 6.92 Å². The zero-order chi connectivity index (χ0) is 16.1. The van der Waals surface area contributed by atoms with E-state index in [0.29, 0.717) is 5.56 Å². The Bertz CT molecular complexity index is 786. The molecule has 0 bridgehead atoms. The molecule has 0 aliphatic carbocycles. The maximum atomic E-state index is 11.0. The summed E-state index contributed by atoms with van der Waals surface area (Å²) in [6, 6.07) is 11.7. The molecule has 6 nitrogen and oxygen atoms in total. The fourth-order valence-electron chi connectivity index (χ4n) is 1.76. The highest BCUT2D eigenvalue weighted by molar-refractivity contribution is 5.86. The van der Waals surface area contributed by atoms with Crippen molar-refractivity contribution in [3.63, 3.8) is 0 Å². The van der Waals surface area contributed by atoms with Gasteiger partial charge in [0.25, 0.3) is 5.69 Å². The molecule has 2 rings (SSSR count). The highest BCUT2D eigenvalue weighted by Gasteiger charge is 2.15. The van der Waals surface area contributed by atoms with Crippen molar-refractivity contribution in [1.82, 2.24) is 0 Å². The highest BCUT2D eigenvalue weighted by Crippen LogP contribution is 2.25. The van der Waals surface area contributed by atoms with Crippen molar-refractivity contribution in [3.05, 3.63) is 69.3 Å². The van der Waals surface area contributed by atoms with E-state index in [0.717, 1.165) is 11.1 Å². The van der Waals surface area contributed by atoms with Gasteiger partial charge in [-0.1, -0.05) is 29.5 Å². The maximum Gasteiger partial charge on any atom is 0.409 e. The Morgan fingerprint density at radius 1 is 1.14 bits per heavy atom. The lowest BCUT2D eigenvalue weighted by atomic mass is 10.1. The third kappa shape index (κ3) is 3.84. The number of nitro groups is 1. The normalized spacial score (nSPS) is 9.50. The van der Waals surface area contributed by atoms with Crippen LogP contribution in [-0.2, 0) is 0 Å². The van der Waals surface area contributed by atoms with E-state index in [4.69, 9.17) is 5.11 Å². The Hall–Kier alpha value is -3.33. The zero-order valence-corrected chi connectivity index (χ0v) is 11.7. The first-order chi connectivity index (χ1) is 10.5. The summed E-state index contributed by atoms with van der Waals surface area (Å²) in [6.07, 6.45) is -1.36. The molecule has 0 radical (unpaired) electrons. The fraction of sp³-hybridized carbons (Fsp3) is 0.0625. The third-order valence-electron chi connectivity index (χ3n) is 2.84. The number of amides is 1. The molecular weight excluding hydrogens is 284 g/mol. The molecule has 0 heterocycles. The molecule has 0 spiro atoms. The van der Waals surface area contributed by atoms with Crippen LogP contribution in [0.2, 0.25) is 0 Å². The molecule has 0 unspecified atom stereocenters. The number of hydrogen-bond donors (Lipinski definition) is 2. The Balaban J connectivity index is 2.33. The molecule has 0 fully saturated rings. The monoisotopic (exact) mass is 296 g/mol. The van der Waals surface area contributed by atoms with Crippen LogP contribution in [0.5, 0.6) is 0 Å². The van der Waals surface area contributed by atoms with Crippen molar-refractivity contribution in [1.29, 1.82) is 0 Å². The summed E-state index contributed by atoms with van der Waals surface area (Å²) in [5, 5.41) is 21.6. The number of nitro benzene ring substituents is 1. The zero-order valence-electron chi connectivity index (χ0n) is 11.7. The van der Waals surface area contributed by atoms with Gasteiger partial charge in [-0.3, -0.25) is 15.4 Å². The van der Waals surface area contributed by atoms with Crippen molar-refractivity contribution in [2.24, 2.45) is 0 Å². The Morgan fingerprint density at radius 2 is 1.73 bits per heavy atom. The van der Waals surface area contributed by atoms with Crippen molar-refractivity contribution in [2.75, 3.05) is 5.32 Å². The van der Waals surface area contributed by atoms with E-state index in [-0.39, 0.29) is 11.4 Å². The minimum atomic E-state index is -1.36. The van der Waals surface area contributed by atoms with Gasteiger partial charge in [0.1, 0.15) is 5.69 Å². The SMILES string of the molecule is Cc1ccc(C#Cc2ccc(NC(=O)O)c([N+](=O)[O-])c2)cc1. The van der Waals surface area contributed by atoms with Gasteiger partial charge in [-0.05, 0) is 31.2 Å². The van der Waals surface area contributed by atoms with Crippen LogP contribution in [-0.4, -0.2) is 16.1 Å². The van der Waals surface area contributed by atoms with Gasteiger partial charge in [0.2, 0.25) is 0 Å². The van der Waals surface area contributed by atoms with Gasteiger partial charge in [-0.15, -0.1) is 0 Å². The molecule has 0 saturated carbocycles.